The van der Waals surface area contributed by atoms with Crippen LogP contribution in [0.3, 0.4) is 0 Å². The van der Waals surface area contributed by atoms with Gasteiger partial charge in [-0.2, -0.15) is 0 Å². The molecule has 2 fully saturated rings. The first-order valence-electron chi connectivity index (χ1n) is 10.5. The third kappa shape index (κ3) is 6.30. The molecule has 3 rings (SSSR count). The largest absolute Gasteiger partial charge is 0.383 e. The molecule has 2 saturated heterocycles. The molecule has 1 aromatic rings. The molecule has 0 unspecified atom stereocenters. The summed E-state index contributed by atoms with van der Waals surface area (Å²) in [4.78, 5) is 17.4. The van der Waals surface area contributed by atoms with E-state index in [1.165, 1.54) is 18.4 Å². The number of hydrogen-bond donors (Lipinski definition) is 1. The quantitative estimate of drug-likeness (QED) is 0.760. The molecule has 27 heavy (non-hydrogen) atoms. The summed E-state index contributed by atoms with van der Waals surface area (Å²) in [5.41, 5.74) is 1.47. The number of nitrogens with one attached hydrogen (secondary N) is 1. The van der Waals surface area contributed by atoms with E-state index in [4.69, 9.17) is 4.74 Å². The summed E-state index contributed by atoms with van der Waals surface area (Å²) in [6.07, 6.45) is 4.55. The molecule has 1 aromatic carbocycles. The van der Waals surface area contributed by atoms with Gasteiger partial charge < -0.3 is 19.9 Å². The fourth-order valence-electron chi connectivity index (χ4n) is 4.39. The Morgan fingerprint density at radius 2 is 1.85 bits per heavy atom. The summed E-state index contributed by atoms with van der Waals surface area (Å²) in [5, 5.41) is 3.18. The molecule has 2 aliphatic heterocycles. The van der Waals surface area contributed by atoms with E-state index in [0.29, 0.717) is 5.92 Å². The minimum atomic E-state index is 0.138. The third-order valence-electron chi connectivity index (χ3n) is 6.07. The lowest BCUT2D eigenvalue weighted by Crippen LogP contribution is -2.46. The van der Waals surface area contributed by atoms with Crippen molar-refractivity contribution in [1.29, 1.82) is 0 Å². The second-order valence-electron chi connectivity index (χ2n) is 7.95. The number of carbonyl (C=O) groups excluding carboxylic acids is 1. The van der Waals surface area contributed by atoms with Crippen LogP contribution in [0.15, 0.2) is 30.3 Å². The molecule has 0 aliphatic carbocycles. The SMILES string of the molecule is COCCN1CCC[C@H](C(=O)NCCN2CCC(c3ccccc3)CC2)C1. The van der Waals surface area contributed by atoms with Crippen LogP contribution < -0.4 is 5.32 Å². The van der Waals surface area contributed by atoms with Crippen molar-refractivity contribution in [3.05, 3.63) is 35.9 Å². The predicted molar refractivity (Wildman–Crippen MR) is 109 cm³/mol. The van der Waals surface area contributed by atoms with E-state index in [1.54, 1.807) is 7.11 Å². The van der Waals surface area contributed by atoms with Crippen LogP contribution >= 0.6 is 0 Å². The first kappa shape index (κ1) is 20.3. The van der Waals surface area contributed by atoms with Crippen molar-refractivity contribution in [1.82, 2.24) is 15.1 Å². The zero-order chi connectivity index (χ0) is 18.9. The number of nitrogens with zero attached hydrogens (tertiary/aromatic N) is 2. The summed E-state index contributed by atoms with van der Waals surface area (Å²) in [6, 6.07) is 10.9. The summed E-state index contributed by atoms with van der Waals surface area (Å²) in [6.45, 7) is 7.62. The van der Waals surface area contributed by atoms with Crippen molar-refractivity contribution in [3.63, 3.8) is 0 Å². The smallest absolute Gasteiger partial charge is 0.224 e. The van der Waals surface area contributed by atoms with Crippen molar-refractivity contribution in [2.24, 2.45) is 5.92 Å². The molecular weight excluding hydrogens is 338 g/mol. The van der Waals surface area contributed by atoms with E-state index >= 15 is 0 Å². The Hall–Kier alpha value is -1.43. The van der Waals surface area contributed by atoms with Crippen molar-refractivity contribution >= 4 is 5.91 Å². The van der Waals surface area contributed by atoms with Crippen molar-refractivity contribution in [2.75, 3.05) is 59.5 Å². The molecule has 150 valence electrons. The molecule has 2 aliphatic rings. The molecule has 0 bridgehead atoms. The van der Waals surface area contributed by atoms with Gasteiger partial charge in [-0.25, -0.2) is 0 Å². The first-order valence-corrected chi connectivity index (χ1v) is 10.5. The molecule has 1 atom stereocenters. The number of carbonyl (C=O) groups is 1. The van der Waals surface area contributed by atoms with E-state index in [9.17, 15) is 4.79 Å². The molecular formula is C22H35N3O2. The van der Waals surface area contributed by atoms with E-state index in [-0.39, 0.29) is 11.8 Å². The van der Waals surface area contributed by atoms with Crippen LogP contribution in [0.25, 0.3) is 0 Å². The number of amides is 1. The van der Waals surface area contributed by atoms with Crippen LogP contribution in [0.1, 0.15) is 37.2 Å². The standard InChI is InChI=1S/C22H35N3O2/c1-27-17-16-25-12-5-8-21(18-25)22(26)23-11-15-24-13-9-20(10-14-24)19-6-3-2-4-7-19/h2-4,6-7,20-21H,5,8-18H2,1H3,(H,23,26)/t21-/m0/s1. The van der Waals surface area contributed by atoms with Gasteiger partial charge in [-0.3, -0.25) is 4.79 Å². The van der Waals surface area contributed by atoms with Gasteiger partial charge in [-0.1, -0.05) is 30.3 Å². The van der Waals surface area contributed by atoms with Gasteiger partial charge in [0.25, 0.3) is 0 Å². The van der Waals surface area contributed by atoms with E-state index in [1.807, 2.05) is 0 Å². The number of methoxy groups -OCH3 is 1. The van der Waals surface area contributed by atoms with Gasteiger partial charge in [-0.15, -0.1) is 0 Å². The Kier molecular flexibility index (Phi) is 8.11. The minimum absolute atomic E-state index is 0.138. The maximum atomic E-state index is 12.5. The molecule has 0 saturated carbocycles. The maximum absolute atomic E-state index is 12.5. The highest BCUT2D eigenvalue weighted by atomic mass is 16.5. The molecule has 1 N–H and O–H groups in total. The summed E-state index contributed by atoms with van der Waals surface area (Å²) in [7, 11) is 1.73. The molecule has 0 radical (unpaired) electrons. The molecule has 2 heterocycles. The van der Waals surface area contributed by atoms with Crippen molar-refractivity contribution in [3.8, 4) is 0 Å². The van der Waals surface area contributed by atoms with Gasteiger partial charge >= 0.3 is 0 Å². The number of likely N-dealkylation sites (tertiary alicyclic amines) is 2. The molecule has 0 spiro atoms. The molecule has 5 nitrogen and oxygen atoms in total. The van der Waals surface area contributed by atoms with Crippen LogP contribution in [-0.4, -0.2) is 75.2 Å². The monoisotopic (exact) mass is 373 g/mol. The Morgan fingerprint density at radius 1 is 1.07 bits per heavy atom. The Morgan fingerprint density at radius 3 is 2.59 bits per heavy atom. The summed E-state index contributed by atoms with van der Waals surface area (Å²) in [5.74, 6) is 1.06. The minimum Gasteiger partial charge on any atom is -0.383 e. The third-order valence-corrected chi connectivity index (χ3v) is 6.07. The van der Waals surface area contributed by atoms with Crippen molar-refractivity contribution in [2.45, 2.75) is 31.6 Å². The second-order valence-corrected chi connectivity index (χ2v) is 7.95. The molecule has 1 amide bonds. The number of hydrogen-bond acceptors (Lipinski definition) is 4. The first-order chi connectivity index (χ1) is 13.3. The second kappa shape index (κ2) is 10.8. The highest BCUT2D eigenvalue weighted by Gasteiger charge is 2.25. The summed E-state index contributed by atoms with van der Waals surface area (Å²) < 4.78 is 5.16. The van der Waals surface area contributed by atoms with Crippen molar-refractivity contribution < 1.29 is 9.53 Å². The fraction of sp³-hybridized carbons (Fsp3) is 0.682. The molecule has 0 aromatic heterocycles. The fourth-order valence-corrected chi connectivity index (χ4v) is 4.39. The van der Waals surface area contributed by atoms with E-state index in [2.05, 4.69) is 45.4 Å². The highest BCUT2D eigenvalue weighted by Crippen LogP contribution is 2.27. The Balaban J connectivity index is 1.32. The number of benzene rings is 1. The Bertz CT molecular complexity index is 558. The normalized spacial score (nSPS) is 22.6. The van der Waals surface area contributed by atoms with Crippen LogP contribution in [0, 0.1) is 5.92 Å². The lowest BCUT2D eigenvalue weighted by Gasteiger charge is -2.33. The highest BCUT2D eigenvalue weighted by molar-refractivity contribution is 5.78. The van der Waals surface area contributed by atoms with Gasteiger partial charge in [-0.05, 0) is 56.8 Å². The van der Waals surface area contributed by atoms with E-state index < -0.39 is 0 Å². The lowest BCUT2D eigenvalue weighted by molar-refractivity contribution is -0.126. The number of ether oxygens (including phenoxy) is 1. The van der Waals surface area contributed by atoms with Crippen LogP contribution in [-0.2, 0) is 9.53 Å². The predicted octanol–water partition coefficient (Wildman–Crippen LogP) is 2.34. The van der Waals surface area contributed by atoms with Gasteiger partial charge in [0.2, 0.25) is 5.91 Å². The van der Waals surface area contributed by atoms with Crippen LogP contribution in [0.2, 0.25) is 0 Å². The molecule has 5 heteroatoms. The number of rotatable bonds is 8. The average molecular weight is 374 g/mol. The Labute approximate surface area is 164 Å². The van der Waals surface area contributed by atoms with Gasteiger partial charge in [0.1, 0.15) is 0 Å². The zero-order valence-electron chi connectivity index (χ0n) is 16.7. The maximum Gasteiger partial charge on any atom is 0.224 e. The van der Waals surface area contributed by atoms with Gasteiger partial charge in [0.05, 0.1) is 12.5 Å². The summed E-state index contributed by atoms with van der Waals surface area (Å²) >= 11 is 0. The topological polar surface area (TPSA) is 44.8 Å². The van der Waals surface area contributed by atoms with Crippen LogP contribution in [0.5, 0.6) is 0 Å². The number of piperidine rings is 2. The van der Waals surface area contributed by atoms with Crippen LogP contribution in [0.4, 0.5) is 0 Å². The van der Waals surface area contributed by atoms with Gasteiger partial charge in [0.15, 0.2) is 0 Å². The zero-order valence-corrected chi connectivity index (χ0v) is 16.7. The average Bonchev–Trinajstić information content (AvgIpc) is 2.73. The van der Waals surface area contributed by atoms with Gasteiger partial charge in [0, 0.05) is 33.3 Å². The van der Waals surface area contributed by atoms with E-state index in [0.717, 1.165) is 65.3 Å². The lowest BCUT2D eigenvalue weighted by atomic mass is 9.89.